The molecule has 2 nitrogen and oxygen atoms in total. The molecule has 3 unspecified atom stereocenters. The number of anilines is 1. The van der Waals surface area contributed by atoms with Crippen LogP contribution in [0.4, 0.5) is 5.69 Å². The standard InChI is InChI=1S/C12H15BrN2/c13-9-5-10(7-14-6-9)15-12-3-1-2-8-4-11(8)12/h5-8,11-12,15H,1-4H2. The SMILES string of the molecule is Brc1cncc(NC2CCCC3CC32)c1. The number of nitrogens with one attached hydrogen (secondary N) is 1. The summed E-state index contributed by atoms with van der Waals surface area (Å²) in [5.41, 5.74) is 1.15. The third kappa shape index (κ3) is 2.03. The van der Waals surface area contributed by atoms with Crippen LogP contribution in [0.2, 0.25) is 0 Å². The van der Waals surface area contributed by atoms with E-state index in [0.29, 0.717) is 6.04 Å². The monoisotopic (exact) mass is 266 g/mol. The Morgan fingerprint density at radius 1 is 1.33 bits per heavy atom. The number of pyridine rings is 1. The summed E-state index contributed by atoms with van der Waals surface area (Å²) in [6.45, 7) is 0. The fourth-order valence-electron chi connectivity index (χ4n) is 2.79. The lowest BCUT2D eigenvalue weighted by atomic mass is 9.95. The minimum Gasteiger partial charge on any atom is -0.381 e. The average Bonchev–Trinajstić information content (AvgIpc) is 2.97. The van der Waals surface area contributed by atoms with Crippen LogP contribution in [0.15, 0.2) is 22.9 Å². The third-order valence-electron chi connectivity index (χ3n) is 3.64. The van der Waals surface area contributed by atoms with Gasteiger partial charge in [0, 0.05) is 16.7 Å². The van der Waals surface area contributed by atoms with Gasteiger partial charge in [-0.2, -0.15) is 0 Å². The Balaban J connectivity index is 1.69. The Morgan fingerprint density at radius 3 is 3.13 bits per heavy atom. The number of hydrogen-bond donors (Lipinski definition) is 1. The Hall–Kier alpha value is -0.570. The van der Waals surface area contributed by atoms with Gasteiger partial charge in [-0.25, -0.2) is 0 Å². The Bertz CT molecular complexity index is 366. The molecule has 0 spiro atoms. The Labute approximate surface area is 98.6 Å². The second kappa shape index (κ2) is 3.78. The highest BCUT2D eigenvalue weighted by Crippen LogP contribution is 2.50. The first-order valence-corrected chi connectivity index (χ1v) is 6.49. The molecule has 1 heterocycles. The Morgan fingerprint density at radius 2 is 2.27 bits per heavy atom. The molecule has 1 aromatic rings. The first-order valence-electron chi connectivity index (χ1n) is 5.70. The second-order valence-electron chi connectivity index (χ2n) is 4.73. The molecule has 0 aromatic carbocycles. The van der Waals surface area contributed by atoms with Crippen LogP contribution in [0.5, 0.6) is 0 Å². The molecule has 0 saturated heterocycles. The lowest BCUT2D eigenvalue weighted by Gasteiger charge is -2.23. The summed E-state index contributed by atoms with van der Waals surface area (Å²) in [6, 6.07) is 2.80. The normalized spacial score (nSPS) is 33.3. The van der Waals surface area contributed by atoms with Crippen LogP contribution in [0.25, 0.3) is 0 Å². The zero-order valence-corrected chi connectivity index (χ0v) is 10.2. The predicted octanol–water partition coefficient (Wildman–Crippen LogP) is 3.44. The molecular formula is C12H15BrN2. The molecule has 2 fully saturated rings. The maximum Gasteiger partial charge on any atom is 0.0540 e. The van der Waals surface area contributed by atoms with E-state index in [9.17, 15) is 0 Å². The minimum absolute atomic E-state index is 0.694. The van der Waals surface area contributed by atoms with Crippen molar-refractivity contribution in [2.24, 2.45) is 11.8 Å². The van der Waals surface area contributed by atoms with Crippen LogP contribution in [0, 0.1) is 11.8 Å². The lowest BCUT2D eigenvalue weighted by molar-refractivity contribution is 0.440. The minimum atomic E-state index is 0.694. The summed E-state index contributed by atoms with van der Waals surface area (Å²) in [7, 11) is 0. The van der Waals surface area contributed by atoms with Crippen LogP contribution in [0.1, 0.15) is 25.7 Å². The molecule has 2 aliphatic rings. The molecule has 2 saturated carbocycles. The molecule has 1 N–H and O–H groups in total. The van der Waals surface area contributed by atoms with Crippen LogP contribution in [-0.4, -0.2) is 11.0 Å². The van der Waals surface area contributed by atoms with Gasteiger partial charge in [-0.05, 0) is 46.7 Å². The van der Waals surface area contributed by atoms with Gasteiger partial charge in [0.1, 0.15) is 0 Å². The first-order chi connectivity index (χ1) is 7.33. The predicted molar refractivity (Wildman–Crippen MR) is 64.8 cm³/mol. The van der Waals surface area contributed by atoms with Gasteiger partial charge < -0.3 is 5.32 Å². The van der Waals surface area contributed by atoms with Gasteiger partial charge in [-0.3, -0.25) is 4.98 Å². The highest BCUT2D eigenvalue weighted by Gasteiger charge is 2.45. The molecular weight excluding hydrogens is 252 g/mol. The van der Waals surface area contributed by atoms with Crippen LogP contribution in [0.3, 0.4) is 0 Å². The topological polar surface area (TPSA) is 24.9 Å². The maximum atomic E-state index is 4.18. The van der Waals surface area contributed by atoms with Crippen LogP contribution in [-0.2, 0) is 0 Å². The van der Waals surface area contributed by atoms with E-state index >= 15 is 0 Å². The number of rotatable bonds is 2. The molecule has 0 aliphatic heterocycles. The van der Waals surface area contributed by atoms with Gasteiger partial charge in [-0.15, -0.1) is 0 Å². The zero-order valence-electron chi connectivity index (χ0n) is 8.62. The molecule has 3 rings (SSSR count). The number of aromatic nitrogens is 1. The van der Waals surface area contributed by atoms with Crippen molar-refractivity contribution in [2.45, 2.75) is 31.7 Å². The van der Waals surface area contributed by atoms with E-state index in [1.807, 2.05) is 12.4 Å². The molecule has 0 amide bonds. The molecule has 3 atom stereocenters. The number of hydrogen-bond acceptors (Lipinski definition) is 2. The van der Waals surface area contributed by atoms with Crippen molar-refractivity contribution in [3.05, 3.63) is 22.9 Å². The summed E-state index contributed by atoms with van der Waals surface area (Å²) >= 11 is 3.45. The van der Waals surface area contributed by atoms with E-state index in [2.05, 4.69) is 32.3 Å². The van der Waals surface area contributed by atoms with E-state index in [1.165, 1.54) is 25.7 Å². The average molecular weight is 267 g/mol. The molecule has 80 valence electrons. The van der Waals surface area contributed by atoms with Crippen molar-refractivity contribution >= 4 is 21.6 Å². The number of fused-ring (bicyclic) bond motifs is 1. The van der Waals surface area contributed by atoms with Crippen molar-refractivity contribution in [1.29, 1.82) is 0 Å². The van der Waals surface area contributed by atoms with Crippen LogP contribution < -0.4 is 5.32 Å². The number of nitrogens with zero attached hydrogens (tertiary/aromatic N) is 1. The highest BCUT2D eigenvalue weighted by molar-refractivity contribution is 9.10. The maximum absolute atomic E-state index is 4.18. The van der Waals surface area contributed by atoms with Gasteiger partial charge >= 0.3 is 0 Å². The Kier molecular flexibility index (Phi) is 2.43. The molecule has 15 heavy (non-hydrogen) atoms. The number of halogens is 1. The molecule has 2 aliphatic carbocycles. The van der Waals surface area contributed by atoms with E-state index in [4.69, 9.17) is 0 Å². The third-order valence-corrected chi connectivity index (χ3v) is 4.07. The fourth-order valence-corrected chi connectivity index (χ4v) is 3.16. The smallest absolute Gasteiger partial charge is 0.0540 e. The molecule has 3 heteroatoms. The van der Waals surface area contributed by atoms with E-state index < -0.39 is 0 Å². The van der Waals surface area contributed by atoms with Gasteiger partial charge in [0.25, 0.3) is 0 Å². The summed E-state index contributed by atoms with van der Waals surface area (Å²) < 4.78 is 1.05. The second-order valence-corrected chi connectivity index (χ2v) is 5.65. The molecule has 0 bridgehead atoms. The zero-order chi connectivity index (χ0) is 10.3. The van der Waals surface area contributed by atoms with Crippen molar-refractivity contribution in [2.75, 3.05) is 5.32 Å². The van der Waals surface area contributed by atoms with Gasteiger partial charge in [0.2, 0.25) is 0 Å². The largest absolute Gasteiger partial charge is 0.381 e. The summed E-state index contributed by atoms with van der Waals surface area (Å²) in [5, 5.41) is 3.62. The van der Waals surface area contributed by atoms with Crippen molar-refractivity contribution < 1.29 is 0 Å². The van der Waals surface area contributed by atoms with Gasteiger partial charge in [0.15, 0.2) is 0 Å². The quantitative estimate of drug-likeness (QED) is 0.887. The van der Waals surface area contributed by atoms with Crippen molar-refractivity contribution in [3.8, 4) is 0 Å². The van der Waals surface area contributed by atoms with Crippen LogP contribution >= 0.6 is 15.9 Å². The van der Waals surface area contributed by atoms with Crippen molar-refractivity contribution in [3.63, 3.8) is 0 Å². The first kappa shape index (κ1) is 9.64. The van der Waals surface area contributed by atoms with E-state index in [0.717, 1.165) is 22.0 Å². The van der Waals surface area contributed by atoms with Gasteiger partial charge in [-0.1, -0.05) is 12.8 Å². The summed E-state index contributed by atoms with van der Waals surface area (Å²) in [6.07, 6.45) is 9.36. The van der Waals surface area contributed by atoms with E-state index in [-0.39, 0.29) is 0 Å². The molecule has 1 aromatic heterocycles. The lowest BCUT2D eigenvalue weighted by Crippen LogP contribution is -2.25. The fraction of sp³-hybridized carbons (Fsp3) is 0.583. The highest BCUT2D eigenvalue weighted by atomic mass is 79.9. The van der Waals surface area contributed by atoms with Gasteiger partial charge in [0.05, 0.1) is 11.9 Å². The molecule has 0 radical (unpaired) electrons. The summed E-state index contributed by atoms with van der Waals surface area (Å²) in [5.74, 6) is 1.97. The van der Waals surface area contributed by atoms with E-state index in [1.54, 1.807) is 0 Å². The summed E-state index contributed by atoms with van der Waals surface area (Å²) in [4.78, 5) is 4.18. The van der Waals surface area contributed by atoms with Crippen molar-refractivity contribution in [1.82, 2.24) is 4.98 Å².